The summed E-state index contributed by atoms with van der Waals surface area (Å²) in [4.78, 5) is 15.9. The topological polar surface area (TPSA) is 79.2 Å². The van der Waals surface area contributed by atoms with E-state index in [0.717, 1.165) is 31.8 Å². The molecular formula is C27H41NO5S. The zero-order chi connectivity index (χ0) is 23.8. The van der Waals surface area contributed by atoms with Crippen LogP contribution in [-0.4, -0.2) is 65.6 Å². The lowest BCUT2D eigenvalue weighted by Crippen LogP contribution is -2.50. The molecule has 0 radical (unpaired) electrons. The molecule has 1 saturated heterocycles. The first-order valence-corrected chi connectivity index (χ1v) is 14.0. The van der Waals surface area contributed by atoms with E-state index in [-0.39, 0.29) is 24.5 Å². The molecule has 1 aliphatic heterocycles. The molecule has 2 N–H and O–H groups in total. The summed E-state index contributed by atoms with van der Waals surface area (Å²) in [7, 11) is 0. The summed E-state index contributed by atoms with van der Waals surface area (Å²) in [6.45, 7) is 3.74. The highest BCUT2D eigenvalue weighted by molar-refractivity contribution is 7.12. The maximum Gasteiger partial charge on any atom is 0.303 e. The molecular weight excluding hydrogens is 450 g/mol. The van der Waals surface area contributed by atoms with Crippen molar-refractivity contribution < 1.29 is 24.5 Å². The Balaban J connectivity index is 1.36. The third-order valence-corrected chi connectivity index (χ3v) is 8.94. The van der Waals surface area contributed by atoms with Crippen LogP contribution in [0.2, 0.25) is 0 Å². The average molecular weight is 492 g/mol. The van der Waals surface area contributed by atoms with Gasteiger partial charge in [-0.2, -0.15) is 0 Å². The van der Waals surface area contributed by atoms with Crippen LogP contribution < -0.4 is 0 Å². The Labute approximate surface area is 207 Å². The number of carboxylic acids is 1. The van der Waals surface area contributed by atoms with Crippen molar-refractivity contribution in [3.63, 3.8) is 0 Å². The summed E-state index contributed by atoms with van der Waals surface area (Å²) >= 11 is 1.91. The summed E-state index contributed by atoms with van der Waals surface area (Å²) in [6.07, 6.45) is 13.7. The van der Waals surface area contributed by atoms with Gasteiger partial charge in [-0.3, -0.25) is 9.69 Å². The van der Waals surface area contributed by atoms with Gasteiger partial charge in [-0.25, -0.2) is 0 Å². The number of hydrogen-bond acceptors (Lipinski definition) is 6. The molecule has 6 nitrogen and oxygen atoms in total. The van der Waals surface area contributed by atoms with Gasteiger partial charge in [-0.1, -0.05) is 31.4 Å². The zero-order valence-electron chi connectivity index (χ0n) is 20.3. The normalized spacial score (nSPS) is 29.2. The fourth-order valence-corrected chi connectivity index (χ4v) is 7.04. The summed E-state index contributed by atoms with van der Waals surface area (Å²) in [6, 6.07) is 4.62. The number of aliphatic hydroxyl groups excluding tert-OH is 1. The van der Waals surface area contributed by atoms with Gasteiger partial charge >= 0.3 is 5.97 Å². The smallest absolute Gasteiger partial charge is 0.303 e. The van der Waals surface area contributed by atoms with Gasteiger partial charge in [0.05, 0.1) is 32.0 Å². The van der Waals surface area contributed by atoms with Crippen LogP contribution in [0, 0.1) is 5.92 Å². The maximum atomic E-state index is 11.0. The lowest BCUT2D eigenvalue weighted by Gasteiger charge is -2.37. The van der Waals surface area contributed by atoms with Crippen LogP contribution in [0.15, 0.2) is 24.3 Å². The summed E-state index contributed by atoms with van der Waals surface area (Å²) in [5, 5.41) is 19.8. The predicted molar refractivity (Wildman–Crippen MR) is 134 cm³/mol. The Morgan fingerprint density at radius 3 is 2.74 bits per heavy atom. The number of ether oxygens (including phenoxy) is 2. The first-order chi connectivity index (χ1) is 16.6. The summed E-state index contributed by atoms with van der Waals surface area (Å²) < 4.78 is 12.0. The van der Waals surface area contributed by atoms with Gasteiger partial charge in [-0.15, -0.1) is 11.3 Å². The molecule has 190 valence electrons. The van der Waals surface area contributed by atoms with Crippen molar-refractivity contribution in [1.82, 2.24) is 4.90 Å². The highest BCUT2D eigenvalue weighted by Crippen LogP contribution is 2.39. The number of unbranched alkanes of at least 4 members (excludes halogenated alkanes) is 1. The van der Waals surface area contributed by atoms with Crippen molar-refractivity contribution in [2.45, 2.75) is 95.0 Å². The van der Waals surface area contributed by atoms with Gasteiger partial charge in [0.2, 0.25) is 0 Å². The van der Waals surface area contributed by atoms with Crippen LogP contribution in [0.5, 0.6) is 0 Å². The Morgan fingerprint density at radius 2 is 1.97 bits per heavy atom. The maximum absolute atomic E-state index is 11.0. The molecule has 2 heterocycles. The third-order valence-electron chi connectivity index (χ3n) is 7.72. The van der Waals surface area contributed by atoms with Crippen molar-refractivity contribution in [1.29, 1.82) is 0 Å². The second-order valence-electron chi connectivity index (χ2n) is 10.1. The van der Waals surface area contributed by atoms with Gasteiger partial charge in [0.25, 0.3) is 0 Å². The van der Waals surface area contributed by atoms with Crippen LogP contribution in [0.1, 0.15) is 79.9 Å². The molecule has 4 rings (SSSR count). The van der Waals surface area contributed by atoms with Crippen LogP contribution in [-0.2, 0) is 20.9 Å². The van der Waals surface area contributed by atoms with E-state index in [4.69, 9.17) is 14.6 Å². The molecule has 1 aromatic rings. The fraction of sp³-hybridized carbons (Fsp3) is 0.741. The van der Waals surface area contributed by atoms with Gasteiger partial charge in [0.1, 0.15) is 0 Å². The number of carboxylic acid groups (broad SMARTS) is 1. The SMILES string of the molecule is O=C(O)CCCC=CC[C@@H]1[C@@H](N2CCOCC2)[C@H](O)C[C@@H]1OCc1ccc(C2CCCCC2)s1. The standard InChI is InChI=1S/C27H41NO5S/c29-23-18-24(33-19-21-12-13-25(34-21)20-8-4-3-5-9-20)22(10-6-1-2-7-11-26(30)31)27(23)28-14-16-32-17-15-28/h1,6,12-13,20,22-24,27,29H,2-5,7-11,14-19H2,(H,30,31)/t22-,23+,24-,27+/m0/s1. The monoisotopic (exact) mass is 491 g/mol. The van der Waals surface area contributed by atoms with Gasteiger partial charge in [0, 0.05) is 47.6 Å². The third kappa shape index (κ3) is 7.14. The quantitative estimate of drug-likeness (QED) is 0.336. The van der Waals surface area contributed by atoms with Crippen LogP contribution in [0.25, 0.3) is 0 Å². The molecule has 3 fully saturated rings. The largest absolute Gasteiger partial charge is 0.481 e. The van der Waals surface area contributed by atoms with E-state index in [0.29, 0.717) is 32.7 Å². The Bertz CT molecular complexity index is 784. The first kappa shape index (κ1) is 25.8. The van der Waals surface area contributed by atoms with E-state index in [9.17, 15) is 9.90 Å². The minimum absolute atomic E-state index is 0.0201. The van der Waals surface area contributed by atoms with Crippen LogP contribution in [0.4, 0.5) is 0 Å². The van der Waals surface area contributed by atoms with E-state index >= 15 is 0 Å². The Hall–Kier alpha value is -1.25. The number of aliphatic hydroxyl groups is 1. The molecule has 7 heteroatoms. The summed E-state index contributed by atoms with van der Waals surface area (Å²) in [5.41, 5.74) is 0. The highest BCUT2D eigenvalue weighted by atomic mass is 32.1. The van der Waals surface area contributed by atoms with E-state index < -0.39 is 12.1 Å². The molecule has 4 atom stereocenters. The predicted octanol–water partition coefficient (Wildman–Crippen LogP) is 4.96. The molecule has 0 amide bonds. The first-order valence-electron chi connectivity index (χ1n) is 13.2. The molecule has 2 saturated carbocycles. The zero-order valence-corrected chi connectivity index (χ0v) is 21.1. The number of allylic oxidation sites excluding steroid dienone is 2. The van der Waals surface area contributed by atoms with E-state index in [1.165, 1.54) is 41.9 Å². The molecule has 2 aliphatic carbocycles. The van der Waals surface area contributed by atoms with Gasteiger partial charge < -0.3 is 19.7 Å². The van der Waals surface area contributed by atoms with E-state index in [1.54, 1.807) is 0 Å². The number of hydrogen-bond donors (Lipinski definition) is 2. The van der Waals surface area contributed by atoms with Gasteiger partial charge in [0.15, 0.2) is 0 Å². The number of nitrogens with zero attached hydrogens (tertiary/aromatic N) is 1. The van der Waals surface area contributed by atoms with Crippen LogP contribution >= 0.6 is 11.3 Å². The Kier molecular flexibility index (Phi) is 10.0. The molecule has 0 bridgehead atoms. The fourth-order valence-electron chi connectivity index (χ4n) is 5.94. The average Bonchev–Trinajstić information content (AvgIpc) is 3.45. The van der Waals surface area contributed by atoms with Gasteiger partial charge in [-0.05, 0) is 50.2 Å². The number of carbonyl (C=O) groups is 1. The van der Waals surface area contributed by atoms with Crippen molar-refractivity contribution in [3.05, 3.63) is 34.0 Å². The second kappa shape index (κ2) is 13.2. The highest BCUT2D eigenvalue weighted by Gasteiger charge is 2.45. The van der Waals surface area contributed by atoms with Crippen molar-refractivity contribution in [2.24, 2.45) is 5.92 Å². The second-order valence-corrected chi connectivity index (χ2v) is 11.3. The lowest BCUT2D eigenvalue weighted by molar-refractivity contribution is -0.137. The number of rotatable bonds is 11. The number of aliphatic carboxylic acids is 1. The lowest BCUT2D eigenvalue weighted by atomic mass is 9.88. The molecule has 0 aromatic carbocycles. The minimum Gasteiger partial charge on any atom is -0.481 e. The number of thiophene rings is 1. The number of morpholine rings is 1. The molecule has 0 spiro atoms. The van der Waals surface area contributed by atoms with E-state index in [1.807, 2.05) is 11.3 Å². The van der Waals surface area contributed by atoms with Crippen LogP contribution in [0.3, 0.4) is 0 Å². The molecule has 34 heavy (non-hydrogen) atoms. The van der Waals surface area contributed by atoms with Crippen molar-refractivity contribution in [2.75, 3.05) is 26.3 Å². The molecule has 3 aliphatic rings. The molecule has 0 unspecified atom stereocenters. The minimum atomic E-state index is -0.742. The van der Waals surface area contributed by atoms with E-state index in [2.05, 4.69) is 29.2 Å². The molecule has 1 aromatic heterocycles. The van der Waals surface area contributed by atoms with Crippen molar-refractivity contribution in [3.8, 4) is 0 Å². The van der Waals surface area contributed by atoms with Crippen molar-refractivity contribution >= 4 is 17.3 Å². The summed E-state index contributed by atoms with van der Waals surface area (Å²) in [5.74, 6) is 0.209. The Morgan fingerprint density at radius 1 is 1.18 bits per heavy atom.